The van der Waals surface area contributed by atoms with E-state index in [-0.39, 0.29) is 6.03 Å². The normalized spacial score (nSPS) is 10.0. The van der Waals surface area contributed by atoms with Gasteiger partial charge in [-0.25, -0.2) is 4.79 Å². The summed E-state index contributed by atoms with van der Waals surface area (Å²) in [6, 6.07) is 18.3. The predicted octanol–water partition coefficient (Wildman–Crippen LogP) is 3.12. The summed E-state index contributed by atoms with van der Waals surface area (Å²) in [5.74, 6) is 0. The maximum absolute atomic E-state index is 12.1. The number of nitriles is 1. The summed E-state index contributed by atoms with van der Waals surface area (Å²) in [7, 11) is 0. The van der Waals surface area contributed by atoms with E-state index < -0.39 is 0 Å². The zero-order valence-electron chi connectivity index (χ0n) is 13.5. The Kier molecular flexibility index (Phi) is 5.07. The van der Waals surface area contributed by atoms with Crippen molar-refractivity contribution in [1.82, 2.24) is 15.1 Å². The van der Waals surface area contributed by atoms with E-state index >= 15 is 0 Å². The molecule has 0 atom stereocenters. The van der Waals surface area contributed by atoms with Crippen LogP contribution in [0.15, 0.2) is 67.0 Å². The lowest BCUT2D eigenvalue weighted by Crippen LogP contribution is -2.28. The molecule has 3 aromatic rings. The molecule has 6 nitrogen and oxygen atoms in total. The number of rotatable bonds is 5. The molecule has 0 saturated carbocycles. The van der Waals surface area contributed by atoms with Gasteiger partial charge in [-0.1, -0.05) is 30.3 Å². The van der Waals surface area contributed by atoms with Crippen molar-refractivity contribution in [3.8, 4) is 6.07 Å². The van der Waals surface area contributed by atoms with Crippen LogP contribution < -0.4 is 10.6 Å². The van der Waals surface area contributed by atoms with Crippen LogP contribution in [0.3, 0.4) is 0 Å². The number of urea groups is 1. The Morgan fingerprint density at radius 3 is 2.72 bits per heavy atom. The van der Waals surface area contributed by atoms with Crippen LogP contribution in [-0.4, -0.2) is 15.8 Å². The molecular formula is C19H17N5O. The van der Waals surface area contributed by atoms with Crippen LogP contribution in [0.5, 0.6) is 0 Å². The number of aromatic nitrogens is 2. The van der Waals surface area contributed by atoms with Crippen molar-refractivity contribution in [2.75, 3.05) is 5.32 Å². The third kappa shape index (κ3) is 4.45. The maximum atomic E-state index is 12.1. The molecule has 0 fully saturated rings. The molecular weight excluding hydrogens is 314 g/mol. The van der Waals surface area contributed by atoms with Gasteiger partial charge in [-0.15, -0.1) is 0 Å². The molecule has 0 bridgehead atoms. The van der Waals surface area contributed by atoms with Crippen molar-refractivity contribution in [2.45, 2.75) is 13.1 Å². The number of nitrogens with one attached hydrogen (secondary N) is 2. The first-order valence-corrected chi connectivity index (χ1v) is 7.84. The van der Waals surface area contributed by atoms with Crippen LogP contribution in [-0.2, 0) is 13.1 Å². The van der Waals surface area contributed by atoms with Crippen LogP contribution >= 0.6 is 0 Å². The number of carbonyl (C=O) groups is 1. The van der Waals surface area contributed by atoms with E-state index in [1.165, 1.54) is 0 Å². The smallest absolute Gasteiger partial charge is 0.319 e. The average molecular weight is 331 g/mol. The number of anilines is 1. The number of carbonyl (C=O) groups excluding carboxylic acids is 1. The van der Waals surface area contributed by atoms with Gasteiger partial charge in [-0.3, -0.25) is 4.68 Å². The summed E-state index contributed by atoms with van der Waals surface area (Å²) in [4.78, 5) is 12.1. The van der Waals surface area contributed by atoms with Gasteiger partial charge >= 0.3 is 6.03 Å². The lowest BCUT2D eigenvalue weighted by molar-refractivity contribution is 0.251. The van der Waals surface area contributed by atoms with Crippen LogP contribution in [0, 0.1) is 11.3 Å². The Morgan fingerprint density at radius 1 is 1.12 bits per heavy atom. The lowest BCUT2D eigenvalue weighted by atomic mass is 10.1. The van der Waals surface area contributed by atoms with Gasteiger partial charge in [0, 0.05) is 24.6 Å². The summed E-state index contributed by atoms with van der Waals surface area (Å²) in [6.45, 7) is 1.05. The highest BCUT2D eigenvalue weighted by Gasteiger charge is 2.06. The van der Waals surface area contributed by atoms with E-state index in [2.05, 4.69) is 15.7 Å². The molecule has 2 aromatic carbocycles. The molecule has 1 aromatic heterocycles. The summed E-state index contributed by atoms with van der Waals surface area (Å²) < 4.78 is 1.84. The van der Waals surface area contributed by atoms with Crippen molar-refractivity contribution in [3.63, 3.8) is 0 Å². The van der Waals surface area contributed by atoms with E-state index in [1.807, 2.05) is 47.3 Å². The van der Waals surface area contributed by atoms with E-state index in [9.17, 15) is 4.79 Å². The predicted molar refractivity (Wildman–Crippen MR) is 94.8 cm³/mol. The van der Waals surface area contributed by atoms with Gasteiger partial charge in [0.05, 0.1) is 18.2 Å². The molecule has 124 valence electrons. The van der Waals surface area contributed by atoms with Crippen LogP contribution in [0.2, 0.25) is 0 Å². The van der Waals surface area contributed by atoms with Crippen molar-refractivity contribution in [3.05, 3.63) is 83.7 Å². The second-order valence-electron chi connectivity index (χ2n) is 5.47. The Morgan fingerprint density at radius 2 is 1.96 bits per heavy atom. The number of benzene rings is 2. The molecule has 0 radical (unpaired) electrons. The van der Waals surface area contributed by atoms with Gasteiger partial charge < -0.3 is 10.6 Å². The Labute approximate surface area is 145 Å². The SMILES string of the molecule is N#Cc1cccc(NC(=O)NCc2ccccc2Cn2cccn2)c1. The van der Waals surface area contributed by atoms with Gasteiger partial charge in [-0.05, 0) is 35.4 Å². The van der Waals surface area contributed by atoms with Gasteiger partial charge in [0.1, 0.15) is 0 Å². The van der Waals surface area contributed by atoms with Crippen LogP contribution in [0.4, 0.5) is 10.5 Å². The van der Waals surface area contributed by atoms with Gasteiger partial charge in [0.2, 0.25) is 0 Å². The highest BCUT2D eigenvalue weighted by atomic mass is 16.2. The van der Waals surface area contributed by atoms with Crippen LogP contribution in [0.1, 0.15) is 16.7 Å². The molecule has 25 heavy (non-hydrogen) atoms. The summed E-state index contributed by atoms with van der Waals surface area (Å²) in [6.07, 6.45) is 3.64. The Bertz CT molecular complexity index is 896. The second kappa shape index (κ2) is 7.79. The summed E-state index contributed by atoms with van der Waals surface area (Å²) in [5, 5.41) is 18.7. The van der Waals surface area contributed by atoms with Crippen molar-refractivity contribution in [1.29, 1.82) is 5.26 Å². The summed E-state index contributed by atoms with van der Waals surface area (Å²) in [5.41, 5.74) is 3.21. The zero-order valence-corrected chi connectivity index (χ0v) is 13.5. The molecule has 0 saturated heterocycles. The minimum atomic E-state index is -0.316. The fraction of sp³-hybridized carbons (Fsp3) is 0.105. The van der Waals surface area contributed by atoms with E-state index in [0.717, 1.165) is 11.1 Å². The highest BCUT2D eigenvalue weighted by Crippen LogP contribution is 2.12. The molecule has 0 spiro atoms. The number of hydrogen-bond acceptors (Lipinski definition) is 3. The molecule has 2 amide bonds. The molecule has 0 aliphatic rings. The largest absolute Gasteiger partial charge is 0.334 e. The number of nitrogens with zero attached hydrogens (tertiary/aromatic N) is 3. The number of amides is 2. The van der Waals surface area contributed by atoms with E-state index in [0.29, 0.717) is 24.3 Å². The van der Waals surface area contributed by atoms with Gasteiger partial charge in [0.15, 0.2) is 0 Å². The zero-order chi connectivity index (χ0) is 17.5. The highest BCUT2D eigenvalue weighted by molar-refractivity contribution is 5.89. The standard InChI is InChI=1S/C19H17N5O/c20-12-15-5-3-8-18(11-15)23-19(25)21-13-16-6-1-2-7-17(16)14-24-10-4-9-22-24/h1-11H,13-14H2,(H2,21,23,25). The quantitative estimate of drug-likeness (QED) is 0.753. The molecule has 3 rings (SSSR count). The molecule has 0 unspecified atom stereocenters. The minimum absolute atomic E-state index is 0.316. The second-order valence-corrected chi connectivity index (χ2v) is 5.47. The van der Waals surface area contributed by atoms with Crippen molar-refractivity contribution in [2.24, 2.45) is 0 Å². The van der Waals surface area contributed by atoms with Crippen LogP contribution in [0.25, 0.3) is 0 Å². The Hall–Kier alpha value is -3.59. The topological polar surface area (TPSA) is 82.7 Å². The van der Waals surface area contributed by atoms with E-state index in [4.69, 9.17) is 5.26 Å². The first-order chi connectivity index (χ1) is 12.2. The molecule has 6 heteroatoms. The fourth-order valence-electron chi connectivity index (χ4n) is 2.47. The lowest BCUT2D eigenvalue weighted by Gasteiger charge is -2.12. The molecule has 0 aliphatic carbocycles. The van der Waals surface area contributed by atoms with Crippen molar-refractivity contribution < 1.29 is 4.79 Å². The Balaban J connectivity index is 1.61. The number of hydrogen-bond donors (Lipinski definition) is 2. The van der Waals surface area contributed by atoms with E-state index in [1.54, 1.807) is 30.5 Å². The first kappa shape index (κ1) is 16.3. The molecule has 2 N–H and O–H groups in total. The third-order valence-electron chi connectivity index (χ3n) is 3.70. The first-order valence-electron chi connectivity index (χ1n) is 7.84. The third-order valence-corrected chi connectivity index (χ3v) is 3.70. The fourth-order valence-corrected chi connectivity index (χ4v) is 2.47. The van der Waals surface area contributed by atoms with Crippen molar-refractivity contribution >= 4 is 11.7 Å². The molecule has 0 aliphatic heterocycles. The minimum Gasteiger partial charge on any atom is -0.334 e. The van der Waals surface area contributed by atoms with Gasteiger partial charge in [-0.2, -0.15) is 10.4 Å². The maximum Gasteiger partial charge on any atom is 0.319 e. The monoisotopic (exact) mass is 331 g/mol. The average Bonchev–Trinajstić information content (AvgIpc) is 3.14. The summed E-state index contributed by atoms with van der Waals surface area (Å²) >= 11 is 0. The van der Waals surface area contributed by atoms with Gasteiger partial charge in [0.25, 0.3) is 0 Å². The molecule has 1 heterocycles.